The van der Waals surface area contributed by atoms with Gasteiger partial charge >= 0.3 is 0 Å². The minimum atomic E-state index is -0.879. The van der Waals surface area contributed by atoms with Gasteiger partial charge in [-0.15, -0.1) is 0 Å². The molecule has 0 aliphatic carbocycles. The van der Waals surface area contributed by atoms with Crippen molar-refractivity contribution >= 4 is 11.6 Å². The molecule has 2 aromatic carbocycles. The summed E-state index contributed by atoms with van der Waals surface area (Å²) in [5.41, 5.74) is -0.0290. The summed E-state index contributed by atoms with van der Waals surface area (Å²) in [6, 6.07) is 6.83. The number of halogens is 2. The van der Waals surface area contributed by atoms with Gasteiger partial charge in [0.15, 0.2) is 11.5 Å². The van der Waals surface area contributed by atoms with Crippen LogP contribution < -0.4 is 10.1 Å². The van der Waals surface area contributed by atoms with E-state index in [0.717, 1.165) is 12.1 Å². The number of rotatable bonds is 3. The average molecular weight is 279 g/mol. The quantitative estimate of drug-likeness (QED) is 0.908. The number of hydrogen-bond acceptors (Lipinski definition) is 3. The molecular weight excluding hydrogens is 268 g/mol. The van der Waals surface area contributed by atoms with Crippen LogP contribution in [0.5, 0.6) is 11.5 Å². The normalized spacial score (nSPS) is 10.2. The highest BCUT2D eigenvalue weighted by atomic mass is 19.1. The fourth-order valence-electron chi connectivity index (χ4n) is 1.62. The molecule has 2 rings (SSSR count). The number of aromatic hydroxyl groups is 1. The van der Waals surface area contributed by atoms with E-state index in [-0.39, 0.29) is 22.7 Å². The van der Waals surface area contributed by atoms with Crippen molar-refractivity contribution in [2.24, 2.45) is 0 Å². The molecular formula is C14H11F2NO3. The van der Waals surface area contributed by atoms with E-state index < -0.39 is 17.5 Å². The third-order valence-corrected chi connectivity index (χ3v) is 2.62. The first-order valence-corrected chi connectivity index (χ1v) is 5.64. The van der Waals surface area contributed by atoms with E-state index in [9.17, 15) is 18.7 Å². The summed E-state index contributed by atoms with van der Waals surface area (Å²) < 4.78 is 31.0. The summed E-state index contributed by atoms with van der Waals surface area (Å²) in [7, 11) is 1.38. The Balaban J connectivity index is 2.21. The lowest BCUT2D eigenvalue weighted by Gasteiger charge is -2.08. The summed E-state index contributed by atoms with van der Waals surface area (Å²) >= 11 is 0. The number of phenols is 1. The maximum Gasteiger partial charge on any atom is 0.255 e. The number of methoxy groups -OCH3 is 1. The maximum atomic E-state index is 13.4. The molecule has 20 heavy (non-hydrogen) atoms. The van der Waals surface area contributed by atoms with Gasteiger partial charge in [0.25, 0.3) is 5.91 Å². The third kappa shape index (κ3) is 2.85. The Morgan fingerprint density at radius 2 is 1.95 bits per heavy atom. The van der Waals surface area contributed by atoms with Crippen molar-refractivity contribution in [3.05, 3.63) is 53.6 Å². The topological polar surface area (TPSA) is 58.6 Å². The van der Waals surface area contributed by atoms with Gasteiger partial charge in [0.2, 0.25) is 0 Å². The molecule has 0 radical (unpaired) electrons. The second kappa shape index (κ2) is 5.56. The van der Waals surface area contributed by atoms with E-state index >= 15 is 0 Å². The lowest BCUT2D eigenvalue weighted by molar-refractivity contribution is 0.102. The number of phenolic OH excluding ortho intramolecular Hbond substituents is 1. The zero-order valence-corrected chi connectivity index (χ0v) is 10.5. The van der Waals surface area contributed by atoms with Gasteiger partial charge in [-0.05, 0) is 30.3 Å². The first kappa shape index (κ1) is 13.8. The molecule has 0 atom stereocenters. The first-order valence-electron chi connectivity index (χ1n) is 5.64. The Morgan fingerprint density at radius 3 is 2.55 bits per heavy atom. The monoisotopic (exact) mass is 279 g/mol. The molecule has 0 bridgehead atoms. The Bertz CT molecular complexity index is 659. The highest BCUT2D eigenvalue weighted by Crippen LogP contribution is 2.26. The SMILES string of the molecule is COc1ccc(C(=O)Nc2ccc(F)cc2F)cc1O. The van der Waals surface area contributed by atoms with Gasteiger partial charge in [0.05, 0.1) is 12.8 Å². The van der Waals surface area contributed by atoms with E-state index in [1.807, 2.05) is 0 Å². The number of ether oxygens (including phenoxy) is 1. The van der Waals surface area contributed by atoms with Crippen molar-refractivity contribution < 1.29 is 23.4 Å². The highest BCUT2D eigenvalue weighted by molar-refractivity contribution is 6.04. The molecule has 0 aromatic heterocycles. The van der Waals surface area contributed by atoms with Gasteiger partial charge in [-0.3, -0.25) is 4.79 Å². The van der Waals surface area contributed by atoms with Crippen molar-refractivity contribution in [3.63, 3.8) is 0 Å². The largest absolute Gasteiger partial charge is 0.504 e. The van der Waals surface area contributed by atoms with Gasteiger partial charge in [0.1, 0.15) is 11.6 Å². The van der Waals surface area contributed by atoms with Crippen LogP contribution in [0.1, 0.15) is 10.4 Å². The molecule has 0 saturated carbocycles. The van der Waals surface area contributed by atoms with Crippen molar-refractivity contribution in [2.45, 2.75) is 0 Å². The van der Waals surface area contributed by atoms with E-state index in [0.29, 0.717) is 6.07 Å². The van der Waals surface area contributed by atoms with Crippen LogP contribution in [0.3, 0.4) is 0 Å². The van der Waals surface area contributed by atoms with Crippen molar-refractivity contribution in [2.75, 3.05) is 12.4 Å². The zero-order chi connectivity index (χ0) is 14.7. The van der Waals surface area contributed by atoms with E-state index in [1.54, 1.807) is 0 Å². The third-order valence-electron chi connectivity index (χ3n) is 2.62. The summed E-state index contributed by atoms with van der Waals surface area (Å²) in [4.78, 5) is 11.9. The highest BCUT2D eigenvalue weighted by Gasteiger charge is 2.12. The van der Waals surface area contributed by atoms with Crippen molar-refractivity contribution in [3.8, 4) is 11.5 Å². The number of carbonyl (C=O) groups excluding carboxylic acids is 1. The molecule has 0 heterocycles. The number of hydrogen-bond donors (Lipinski definition) is 2. The van der Waals surface area contributed by atoms with Crippen molar-refractivity contribution in [1.82, 2.24) is 0 Å². The van der Waals surface area contributed by atoms with E-state index in [4.69, 9.17) is 4.74 Å². The van der Waals surface area contributed by atoms with E-state index in [1.165, 1.54) is 25.3 Å². The molecule has 6 heteroatoms. The van der Waals surface area contributed by atoms with Crippen LogP contribution >= 0.6 is 0 Å². The fourth-order valence-corrected chi connectivity index (χ4v) is 1.62. The minimum Gasteiger partial charge on any atom is -0.504 e. The molecule has 0 spiro atoms. The molecule has 2 aromatic rings. The van der Waals surface area contributed by atoms with Gasteiger partial charge in [-0.25, -0.2) is 8.78 Å². The lowest BCUT2D eigenvalue weighted by atomic mass is 10.2. The second-order valence-electron chi connectivity index (χ2n) is 3.96. The number of benzene rings is 2. The Kier molecular flexibility index (Phi) is 3.84. The van der Waals surface area contributed by atoms with Gasteiger partial charge in [-0.2, -0.15) is 0 Å². The number of nitrogens with one attached hydrogen (secondary N) is 1. The van der Waals surface area contributed by atoms with Crippen LogP contribution in [-0.2, 0) is 0 Å². The number of carbonyl (C=O) groups is 1. The first-order chi connectivity index (χ1) is 9.51. The predicted molar refractivity (Wildman–Crippen MR) is 69.0 cm³/mol. The van der Waals surface area contributed by atoms with Crippen LogP contribution in [0, 0.1) is 11.6 Å². The zero-order valence-electron chi connectivity index (χ0n) is 10.5. The smallest absolute Gasteiger partial charge is 0.255 e. The molecule has 1 amide bonds. The Hall–Kier alpha value is -2.63. The minimum absolute atomic E-state index is 0.118. The Morgan fingerprint density at radius 1 is 1.20 bits per heavy atom. The molecule has 0 unspecified atom stereocenters. The van der Waals surface area contributed by atoms with Crippen LogP contribution in [0.4, 0.5) is 14.5 Å². The number of amides is 1. The lowest BCUT2D eigenvalue weighted by Crippen LogP contribution is -2.13. The molecule has 0 aliphatic heterocycles. The molecule has 4 nitrogen and oxygen atoms in total. The van der Waals surface area contributed by atoms with Gasteiger partial charge in [0, 0.05) is 11.6 Å². The Labute approximate surface area is 113 Å². The predicted octanol–water partition coefficient (Wildman–Crippen LogP) is 2.93. The van der Waals surface area contributed by atoms with Crippen LogP contribution in [0.15, 0.2) is 36.4 Å². The van der Waals surface area contributed by atoms with Crippen molar-refractivity contribution in [1.29, 1.82) is 0 Å². The standard InChI is InChI=1S/C14H11F2NO3/c1-20-13-5-2-8(6-12(13)18)14(19)17-11-4-3-9(15)7-10(11)16/h2-7,18H,1H3,(H,17,19). The summed E-state index contributed by atoms with van der Waals surface area (Å²) in [6.07, 6.45) is 0. The summed E-state index contributed by atoms with van der Waals surface area (Å²) in [5, 5.41) is 11.9. The van der Waals surface area contributed by atoms with Crippen LogP contribution in [0.2, 0.25) is 0 Å². The van der Waals surface area contributed by atoms with Gasteiger partial charge < -0.3 is 15.2 Å². The molecule has 2 N–H and O–H groups in total. The summed E-state index contributed by atoms with van der Waals surface area (Å²) in [5.74, 6) is -2.23. The second-order valence-corrected chi connectivity index (χ2v) is 3.96. The maximum absolute atomic E-state index is 13.4. The van der Waals surface area contributed by atoms with Gasteiger partial charge in [-0.1, -0.05) is 0 Å². The molecule has 0 aliphatic rings. The molecule has 104 valence electrons. The molecule has 0 fully saturated rings. The number of anilines is 1. The fraction of sp³-hybridized carbons (Fsp3) is 0.0714. The summed E-state index contributed by atoms with van der Waals surface area (Å²) in [6.45, 7) is 0. The van der Waals surface area contributed by atoms with E-state index in [2.05, 4.69) is 5.32 Å². The molecule has 0 saturated heterocycles. The average Bonchev–Trinajstić information content (AvgIpc) is 2.41. The van der Waals surface area contributed by atoms with Crippen LogP contribution in [0.25, 0.3) is 0 Å². The van der Waals surface area contributed by atoms with Crippen LogP contribution in [-0.4, -0.2) is 18.1 Å².